The van der Waals surface area contributed by atoms with E-state index < -0.39 is 0 Å². The van der Waals surface area contributed by atoms with Gasteiger partial charge in [-0.05, 0) is 52.3 Å². The summed E-state index contributed by atoms with van der Waals surface area (Å²) in [6.07, 6.45) is 1.61. The molecule has 34 heavy (non-hydrogen) atoms. The fourth-order valence-corrected chi connectivity index (χ4v) is 4.51. The van der Waals surface area contributed by atoms with E-state index in [1.54, 1.807) is 25.5 Å². The van der Waals surface area contributed by atoms with Crippen molar-refractivity contribution >= 4 is 74.0 Å². The third kappa shape index (κ3) is 6.75. The average Bonchev–Trinajstić information content (AvgIpc) is 2.81. The number of benzene rings is 2. The fraction of sp³-hybridized carbons (Fsp3) is 0.238. The maximum absolute atomic E-state index is 13.3. The highest BCUT2D eigenvalue weighted by Gasteiger charge is 2.17. The lowest BCUT2D eigenvalue weighted by Crippen LogP contribution is -2.37. The molecule has 1 aromatic heterocycles. The number of ether oxygens (including phenoxy) is 2. The van der Waals surface area contributed by atoms with E-state index in [9.17, 15) is 4.39 Å². The molecule has 1 saturated heterocycles. The molecule has 1 aliphatic rings. The molecule has 13 heteroatoms. The van der Waals surface area contributed by atoms with E-state index in [4.69, 9.17) is 9.47 Å². The van der Waals surface area contributed by atoms with Crippen LogP contribution in [0.1, 0.15) is 5.56 Å². The van der Waals surface area contributed by atoms with Crippen LogP contribution < -0.4 is 20.4 Å². The molecule has 4 rings (SSSR count). The highest BCUT2D eigenvalue weighted by atomic mass is 79.9. The summed E-state index contributed by atoms with van der Waals surface area (Å²) in [6, 6.07) is 9.70. The van der Waals surface area contributed by atoms with Gasteiger partial charge in [0.15, 0.2) is 0 Å². The molecule has 0 saturated carbocycles. The van der Waals surface area contributed by atoms with Crippen LogP contribution >= 0.6 is 44.3 Å². The minimum Gasteiger partial charge on any atom is -0.495 e. The van der Waals surface area contributed by atoms with E-state index in [1.165, 1.54) is 12.1 Å². The Morgan fingerprint density at radius 3 is 2.50 bits per heavy atom. The second kappa shape index (κ2) is 12.2. The van der Waals surface area contributed by atoms with Crippen molar-refractivity contribution in [3.05, 3.63) is 56.7 Å². The summed E-state index contributed by atoms with van der Waals surface area (Å²) < 4.78 is 25.8. The van der Waals surface area contributed by atoms with E-state index >= 15 is 0 Å². The first-order chi connectivity index (χ1) is 16.0. The first-order valence-corrected chi connectivity index (χ1v) is 11.5. The zero-order valence-corrected chi connectivity index (χ0v) is 22.0. The van der Waals surface area contributed by atoms with Crippen molar-refractivity contribution in [2.75, 3.05) is 49.1 Å². The number of aromatic nitrogens is 3. The van der Waals surface area contributed by atoms with Gasteiger partial charge in [0.25, 0.3) is 0 Å². The SMILES string of the molecule is COc1c(Br)cc(Br)cc1/C=N/Nc1nc(Nc2ccc(F)cc2)nc(N2CCOCC2)n1.Cl. The Morgan fingerprint density at radius 2 is 1.79 bits per heavy atom. The van der Waals surface area contributed by atoms with Crippen LogP contribution in [0.4, 0.5) is 27.9 Å². The summed E-state index contributed by atoms with van der Waals surface area (Å²) in [5.74, 6) is 1.36. The number of methoxy groups -OCH3 is 1. The molecule has 2 aromatic carbocycles. The first-order valence-electron chi connectivity index (χ1n) is 9.95. The number of nitrogens with zero attached hydrogens (tertiary/aromatic N) is 5. The molecule has 0 amide bonds. The maximum atomic E-state index is 13.3. The fourth-order valence-electron chi connectivity index (χ4n) is 3.09. The molecule has 0 atom stereocenters. The Hall–Kier alpha value is -2.54. The minimum absolute atomic E-state index is 0. The quantitative estimate of drug-likeness (QED) is 0.283. The van der Waals surface area contributed by atoms with E-state index in [0.29, 0.717) is 49.6 Å². The van der Waals surface area contributed by atoms with Gasteiger partial charge in [0.1, 0.15) is 11.6 Å². The average molecular weight is 618 g/mol. The van der Waals surface area contributed by atoms with E-state index in [0.717, 1.165) is 14.5 Å². The van der Waals surface area contributed by atoms with Gasteiger partial charge >= 0.3 is 0 Å². The number of nitrogens with one attached hydrogen (secondary N) is 2. The van der Waals surface area contributed by atoms with Crippen LogP contribution in [-0.2, 0) is 4.74 Å². The summed E-state index contributed by atoms with van der Waals surface area (Å²) in [5, 5.41) is 7.36. The second-order valence-corrected chi connectivity index (χ2v) is 8.66. The molecule has 9 nitrogen and oxygen atoms in total. The van der Waals surface area contributed by atoms with Gasteiger partial charge in [-0.25, -0.2) is 9.82 Å². The molecule has 0 spiro atoms. The van der Waals surface area contributed by atoms with Gasteiger partial charge < -0.3 is 19.7 Å². The zero-order valence-electron chi connectivity index (χ0n) is 18.0. The summed E-state index contributed by atoms with van der Waals surface area (Å²) in [6.45, 7) is 2.49. The van der Waals surface area contributed by atoms with Gasteiger partial charge in [0.05, 0.1) is 31.0 Å². The van der Waals surface area contributed by atoms with Crippen molar-refractivity contribution in [1.29, 1.82) is 0 Å². The van der Waals surface area contributed by atoms with E-state index in [-0.39, 0.29) is 24.2 Å². The molecule has 0 radical (unpaired) electrons. The van der Waals surface area contributed by atoms with Crippen molar-refractivity contribution in [3.8, 4) is 5.75 Å². The van der Waals surface area contributed by atoms with Gasteiger partial charge in [-0.2, -0.15) is 20.1 Å². The van der Waals surface area contributed by atoms with Crippen LogP contribution in [0.25, 0.3) is 0 Å². The Bertz CT molecular complexity index is 1150. The molecular formula is C21H21Br2ClFN7O2. The lowest BCUT2D eigenvalue weighted by molar-refractivity contribution is 0.122. The Kier molecular flexibility index (Phi) is 9.39. The maximum Gasteiger partial charge on any atom is 0.250 e. The number of anilines is 4. The van der Waals surface area contributed by atoms with E-state index in [1.807, 2.05) is 17.0 Å². The molecule has 0 unspecified atom stereocenters. The van der Waals surface area contributed by atoms with Gasteiger partial charge in [-0.3, -0.25) is 0 Å². The minimum atomic E-state index is -0.323. The Labute approximate surface area is 218 Å². The summed E-state index contributed by atoms with van der Waals surface area (Å²) in [5.41, 5.74) is 4.26. The Balaban J connectivity index is 0.00000324. The number of hydrazone groups is 1. The van der Waals surface area contributed by atoms with Gasteiger partial charge in [0, 0.05) is 28.8 Å². The van der Waals surface area contributed by atoms with Crippen molar-refractivity contribution in [3.63, 3.8) is 0 Å². The topological polar surface area (TPSA) is 96.8 Å². The van der Waals surface area contributed by atoms with Gasteiger partial charge in [-0.15, -0.1) is 12.4 Å². The number of halogens is 4. The number of hydrogen-bond donors (Lipinski definition) is 2. The number of rotatable bonds is 7. The highest BCUT2D eigenvalue weighted by molar-refractivity contribution is 9.11. The molecule has 0 aliphatic carbocycles. The van der Waals surface area contributed by atoms with Crippen molar-refractivity contribution in [1.82, 2.24) is 15.0 Å². The van der Waals surface area contributed by atoms with Gasteiger partial charge in [0.2, 0.25) is 17.8 Å². The molecule has 3 aromatic rings. The normalized spacial score (nSPS) is 13.5. The third-order valence-corrected chi connectivity index (χ3v) is 5.67. The molecule has 1 fully saturated rings. The largest absolute Gasteiger partial charge is 0.495 e. The molecule has 1 aliphatic heterocycles. The smallest absolute Gasteiger partial charge is 0.250 e. The van der Waals surface area contributed by atoms with Crippen molar-refractivity contribution < 1.29 is 13.9 Å². The van der Waals surface area contributed by atoms with Crippen LogP contribution in [0, 0.1) is 5.82 Å². The third-order valence-electron chi connectivity index (χ3n) is 4.63. The summed E-state index contributed by atoms with van der Waals surface area (Å²) in [7, 11) is 1.59. The number of morpholine rings is 1. The number of hydrogen-bond acceptors (Lipinski definition) is 9. The molecule has 0 bridgehead atoms. The standard InChI is InChI=1S/C21H20Br2FN7O2.ClH/c1-32-18-13(10-14(22)11-17(18)23)12-25-30-20-27-19(26-16-4-2-15(24)3-5-16)28-21(29-20)31-6-8-33-9-7-31;/h2-5,10-12H,6-9H2,1H3,(H2,26,27,28,29,30);1H/b25-12+;. The van der Waals surface area contributed by atoms with Gasteiger partial charge in [-0.1, -0.05) is 15.9 Å². The molecule has 2 N–H and O–H groups in total. The van der Waals surface area contributed by atoms with Crippen LogP contribution in [0.15, 0.2) is 50.4 Å². The summed E-state index contributed by atoms with van der Waals surface area (Å²) >= 11 is 6.94. The lowest BCUT2D eigenvalue weighted by atomic mass is 10.2. The Morgan fingerprint density at radius 1 is 1.09 bits per heavy atom. The zero-order chi connectivity index (χ0) is 23.2. The van der Waals surface area contributed by atoms with Crippen LogP contribution in [-0.4, -0.2) is 54.6 Å². The molecule has 180 valence electrons. The predicted molar refractivity (Wildman–Crippen MR) is 139 cm³/mol. The lowest BCUT2D eigenvalue weighted by Gasteiger charge is -2.27. The van der Waals surface area contributed by atoms with Crippen LogP contribution in [0.3, 0.4) is 0 Å². The first kappa shape index (κ1) is 26.1. The van der Waals surface area contributed by atoms with Crippen molar-refractivity contribution in [2.24, 2.45) is 5.10 Å². The molecular weight excluding hydrogens is 597 g/mol. The second-order valence-electron chi connectivity index (χ2n) is 6.89. The van der Waals surface area contributed by atoms with Crippen LogP contribution in [0.2, 0.25) is 0 Å². The highest BCUT2D eigenvalue weighted by Crippen LogP contribution is 2.31. The van der Waals surface area contributed by atoms with Crippen LogP contribution in [0.5, 0.6) is 5.75 Å². The molecule has 2 heterocycles. The summed E-state index contributed by atoms with van der Waals surface area (Å²) in [4.78, 5) is 15.4. The predicted octanol–water partition coefficient (Wildman–Crippen LogP) is 4.99. The monoisotopic (exact) mass is 615 g/mol. The van der Waals surface area contributed by atoms with Crippen molar-refractivity contribution in [2.45, 2.75) is 0 Å². The van der Waals surface area contributed by atoms with E-state index in [2.05, 4.69) is 62.7 Å².